The molecular formula is C19H21N3O4S. The third-order valence-electron chi connectivity index (χ3n) is 4.30. The fourth-order valence-electron chi connectivity index (χ4n) is 2.94. The SMILES string of the molecule is CCOC(=O)c1ccc(N2CC(C(=O)NCc3csc(C)n3)CC2=O)cc1. The molecule has 1 saturated heterocycles. The van der Waals surface area contributed by atoms with Gasteiger partial charge in [-0.25, -0.2) is 9.78 Å². The minimum absolute atomic E-state index is 0.108. The topological polar surface area (TPSA) is 88.6 Å². The molecule has 142 valence electrons. The first-order valence-electron chi connectivity index (χ1n) is 8.74. The van der Waals surface area contributed by atoms with Crippen molar-refractivity contribution < 1.29 is 19.1 Å². The van der Waals surface area contributed by atoms with Gasteiger partial charge in [-0.1, -0.05) is 0 Å². The largest absolute Gasteiger partial charge is 0.462 e. The highest BCUT2D eigenvalue weighted by Crippen LogP contribution is 2.26. The van der Waals surface area contributed by atoms with Gasteiger partial charge < -0.3 is 15.0 Å². The number of anilines is 1. The first-order valence-corrected chi connectivity index (χ1v) is 9.62. The lowest BCUT2D eigenvalue weighted by atomic mass is 10.1. The van der Waals surface area contributed by atoms with Gasteiger partial charge in [0.1, 0.15) is 0 Å². The second kappa shape index (κ2) is 8.30. The van der Waals surface area contributed by atoms with Crippen LogP contribution in [0.3, 0.4) is 0 Å². The van der Waals surface area contributed by atoms with Crippen LogP contribution in [0.4, 0.5) is 5.69 Å². The number of esters is 1. The van der Waals surface area contributed by atoms with Crippen LogP contribution in [0.15, 0.2) is 29.6 Å². The Morgan fingerprint density at radius 3 is 2.70 bits per heavy atom. The van der Waals surface area contributed by atoms with Gasteiger partial charge in [0.25, 0.3) is 0 Å². The van der Waals surface area contributed by atoms with E-state index in [0.29, 0.717) is 30.9 Å². The highest BCUT2D eigenvalue weighted by Gasteiger charge is 2.35. The number of nitrogens with zero attached hydrogens (tertiary/aromatic N) is 2. The van der Waals surface area contributed by atoms with Crippen LogP contribution < -0.4 is 10.2 Å². The summed E-state index contributed by atoms with van der Waals surface area (Å²) in [5.74, 6) is -1.06. The molecule has 0 saturated carbocycles. The molecule has 0 bridgehead atoms. The molecule has 1 aliphatic rings. The molecule has 2 amide bonds. The Kier molecular flexibility index (Phi) is 5.85. The van der Waals surface area contributed by atoms with Crippen molar-refractivity contribution in [2.24, 2.45) is 5.92 Å². The van der Waals surface area contributed by atoms with Crippen LogP contribution in [0.2, 0.25) is 0 Å². The van der Waals surface area contributed by atoms with Gasteiger partial charge in [0.05, 0.1) is 35.3 Å². The molecule has 1 aliphatic heterocycles. The maximum Gasteiger partial charge on any atom is 0.338 e. The number of ether oxygens (including phenoxy) is 1. The average molecular weight is 387 g/mol. The molecule has 27 heavy (non-hydrogen) atoms. The van der Waals surface area contributed by atoms with Gasteiger partial charge in [0.2, 0.25) is 11.8 Å². The number of amides is 2. The van der Waals surface area contributed by atoms with Crippen molar-refractivity contribution in [1.29, 1.82) is 0 Å². The summed E-state index contributed by atoms with van der Waals surface area (Å²) in [4.78, 5) is 42.3. The summed E-state index contributed by atoms with van der Waals surface area (Å²) in [6.07, 6.45) is 0.168. The molecule has 2 aromatic rings. The number of benzene rings is 1. The molecule has 7 nitrogen and oxygen atoms in total. The van der Waals surface area contributed by atoms with Gasteiger partial charge in [-0.2, -0.15) is 0 Å². The maximum atomic E-state index is 12.4. The first kappa shape index (κ1) is 19.0. The number of rotatable bonds is 6. The van der Waals surface area contributed by atoms with Crippen molar-refractivity contribution in [2.45, 2.75) is 26.8 Å². The van der Waals surface area contributed by atoms with Crippen LogP contribution in [0.5, 0.6) is 0 Å². The van der Waals surface area contributed by atoms with Crippen LogP contribution in [0.25, 0.3) is 0 Å². The van der Waals surface area contributed by atoms with Crippen molar-refractivity contribution in [3.05, 3.63) is 45.9 Å². The number of aromatic nitrogens is 1. The van der Waals surface area contributed by atoms with Crippen molar-refractivity contribution >= 4 is 34.8 Å². The van der Waals surface area contributed by atoms with E-state index in [0.717, 1.165) is 10.7 Å². The van der Waals surface area contributed by atoms with E-state index in [1.165, 1.54) is 11.3 Å². The van der Waals surface area contributed by atoms with Gasteiger partial charge in [-0.15, -0.1) is 11.3 Å². The van der Waals surface area contributed by atoms with Gasteiger partial charge >= 0.3 is 5.97 Å². The van der Waals surface area contributed by atoms with Crippen LogP contribution >= 0.6 is 11.3 Å². The van der Waals surface area contributed by atoms with Crippen molar-refractivity contribution in [1.82, 2.24) is 10.3 Å². The Balaban J connectivity index is 1.59. The Labute approximate surface area is 161 Å². The minimum atomic E-state index is -0.401. The third-order valence-corrected chi connectivity index (χ3v) is 5.12. The lowest BCUT2D eigenvalue weighted by Crippen LogP contribution is -2.32. The normalized spacial score (nSPS) is 16.4. The summed E-state index contributed by atoms with van der Waals surface area (Å²) in [7, 11) is 0. The van der Waals surface area contributed by atoms with E-state index < -0.39 is 11.9 Å². The lowest BCUT2D eigenvalue weighted by molar-refractivity contribution is -0.126. The zero-order chi connectivity index (χ0) is 19.4. The molecule has 1 atom stereocenters. The van der Waals surface area contributed by atoms with Crippen molar-refractivity contribution in [2.75, 3.05) is 18.1 Å². The standard InChI is InChI=1S/C19H21N3O4S/c1-3-26-19(25)13-4-6-16(7-5-13)22-10-14(8-17(22)23)18(24)20-9-15-11-27-12(2)21-15/h4-7,11,14H,3,8-10H2,1-2H3,(H,20,24). The Morgan fingerprint density at radius 1 is 1.33 bits per heavy atom. The van der Waals surface area contributed by atoms with Crippen LogP contribution in [0, 0.1) is 12.8 Å². The molecule has 1 aromatic carbocycles. The zero-order valence-electron chi connectivity index (χ0n) is 15.2. The van der Waals surface area contributed by atoms with E-state index in [1.54, 1.807) is 36.1 Å². The molecule has 0 radical (unpaired) electrons. The van der Waals surface area contributed by atoms with Crippen LogP contribution in [-0.4, -0.2) is 35.9 Å². The smallest absolute Gasteiger partial charge is 0.338 e. The second-order valence-electron chi connectivity index (χ2n) is 6.25. The predicted molar refractivity (Wildman–Crippen MR) is 102 cm³/mol. The van der Waals surface area contributed by atoms with E-state index in [4.69, 9.17) is 4.74 Å². The van der Waals surface area contributed by atoms with E-state index in [2.05, 4.69) is 10.3 Å². The monoisotopic (exact) mass is 387 g/mol. The number of aryl methyl sites for hydroxylation is 1. The van der Waals surface area contributed by atoms with Gasteiger partial charge in [0, 0.05) is 24.0 Å². The molecular weight excluding hydrogens is 366 g/mol. The summed E-state index contributed by atoms with van der Waals surface area (Å²) in [5, 5.41) is 5.71. The number of carbonyl (C=O) groups is 3. The number of nitrogens with one attached hydrogen (secondary N) is 1. The summed E-state index contributed by atoms with van der Waals surface area (Å²) in [6, 6.07) is 6.64. The molecule has 0 spiro atoms. The number of carbonyl (C=O) groups excluding carboxylic acids is 3. The molecule has 3 rings (SSSR count). The van der Waals surface area contributed by atoms with Gasteiger partial charge in [-0.05, 0) is 38.1 Å². The summed E-state index contributed by atoms with van der Waals surface area (Å²) >= 11 is 1.53. The average Bonchev–Trinajstić information content (AvgIpc) is 3.25. The van der Waals surface area contributed by atoms with E-state index in [1.807, 2.05) is 12.3 Å². The van der Waals surface area contributed by atoms with Gasteiger partial charge in [-0.3, -0.25) is 9.59 Å². The lowest BCUT2D eigenvalue weighted by Gasteiger charge is -2.17. The minimum Gasteiger partial charge on any atom is -0.462 e. The third kappa shape index (κ3) is 4.51. The van der Waals surface area contributed by atoms with Crippen LogP contribution in [-0.2, 0) is 20.9 Å². The van der Waals surface area contributed by atoms with Gasteiger partial charge in [0.15, 0.2) is 0 Å². The molecule has 1 fully saturated rings. The molecule has 0 aliphatic carbocycles. The fraction of sp³-hybridized carbons (Fsp3) is 0.368. The number of hydrogen-bond acceptors (Lipinski definition) is 6. The Hall–Kier alpha value is -2.74. The maximum absolute atomic E-state index is 12.4. The van der Waals surface area contributed by atoms with Crippen molar-refractivity contribution in [3.8, 4) is 0 Å². The van der Waals surface area contributed by atoms with Crippen molar-refractivity contribution in [3.63, 3.8) is 0 Å². The molecule has 1 aromatic heterocycles. The summed E-state index contributed by atoms with van der Waals surface area (Å²) in [6.45, 7) is 4.65. The quantitative estimate of drug-likeness (QED) is 0.769. The zero-order valence-corrected chi connectivity index (χ0v) is 16.0. The first-order chi connectivity index (χ1) is 13.0. The highest BCUT2D eigenvalue weighted by molar-refractivity contribution is 7.09. The van der Waals surface area contributed by atoms with E-state index in [-0.39, 0.29) is 18.2 Å². The van der Waals surface area contributed by atoms with E-state index in [9.17, 15) is 14.4 Å². The number of thiazole rings is 1. The predicted octanol–water partition coefficient (Wildman–Crippen LogP) is 2.30. The van der Waals surface area contributed by atoms with E-state index >= 15 is 0 Å². The highest BCUT2D eigenvalue weighted by atomic mass is 32.1. The number of hydrogen-bond donors (Lipinski definition) is 1. The Morgan fingerprint density at radius 2 is 2.07 bits per heavy atom. The molecule has 8 heteroatoms. The molecule has 2 heterocycles. The fourth-order valence-corrected chi connectivity index (χ4v) is 3.55. The Bertz CT molecular complexity index is 847. The summed E-state index contributed by atoms with van der Waals surface area (Å²) in [5.41, 5.74) is 1.92. The van der Waals surface area contributed by atoms with Crippen LogP contribution in [0.1, 0.15) is 34.4 Å². The second-order valence-corrected chi connectivity index (χ2v) is 7.31. The molecule has 1 N–H and O–H groups in total. The molecule has 1 unspecified atom stereocenters. The summed E-state index contributed by atoms with van der Waals surface area (Å²) < 4.78 is 4.95.